The van der Waals surface area contributed by atoms with Crippen LogP contribution in [0.4, 0.5) is 0 Å². The second-order valence-electron chi connectivity index (χ2n) is 3.80. The molecule has 0 aromatic heterocycles. The monoisotopic (exact) mass is 269 g/mol. The molecule has 1 nitrogen and oxygen atoms in total. The lowest BCUT2D eigenvalue weighted by molar-refractivity contribution is 0.237. The van der Waals surface area contributed by atoms with Gasteiger partial charge >= 0.3 is 0 Å². The summed E-state index contributed by atoms with van der Waals surface area (Å²) in [6.07, 6.45) is 1.96. The Hall–Kier alpha value is -0.600. The number of hydrogen-bond donors (Lipinski definition) is 0. The number of nitrogens with zero attached hydrogens (tertiary/aromatic N) is 1. The summed E-state index contributed by atoms with van der Waals surface area (Å²) >= 11 is 0. The van der Waals surface area contributed by atoms with Crippen molar-refractivity contribution in [2.24, 2.45) is 0 Å². The van der Waals surface area contributed by atoms with Crippen LogP contribution >= 0.6 is 17.0 Å². The third-order valence-electron chi connectivity index (χ3n) is 2.32. The highest BCUT2D eigenvalue weighted by molar-refractivity contribution is 8.93. The van der Waals surface area contributed by atoms with Gasteiger partial charge in [-0.3, -0.25) is 4.90 Å². The maximum Gasteiger partial charge on any atom is 0.0239 e. The first-order valence-corrected chi connectivity index (χ1v) is 5.13. The Balaban J connectivity index is 0.00000196. The lowest BCUT2D eigenvalue weighted by atomic mass is 10.2. The van der Waals surface area contributed by atoms with E-state index in [0.717, 1.165) is 13.1 Å². The molecule has 84 valence electrons. The van der Waals surface area contributed by atoms with Crippen LogP contribution in [-0.4, -0.2) is 17.5 Å². The van der Waals surface area contributed by atoms with Crippen molar-refractivity contribution in [2.75, 3.05) is 6.54 Å². The zero-order chi connectivity index (χ0) is 10.4. The van der Waals surface area contributed by atoms with Gasteiger partial charge in [0.25, 0.3) is 0 Å². The molecule has 0 aliphatic carbocycles. The van der Waals surface area contributed by atoms with Gasteiger partial charge in [0.2, 0.25) is 0 Å². The lowest BCUT2D eigenvalue weighted by Gasteiger charge is -2.24. The first-order valence-electron chi connectivity index (χ1n) is 5.13. The van der Waals surface area contributed by atoms with Crippen LogP contribution in [-0.2, 0) is 6.54 Å². The van der Waals surface area contributed by atoms with Crippen molar-refractivity contribution in [1.82, 2.24) is 4.90 Å². The molecular formula is C13H20BrN. The van der Waals surface area contributed by atoms with Crippen molar-refractivity contribution < 1.29 is 0 Å². The second kappa shape index (κ2) is 7.66. The van der Waals surface area contributed by atoms with E-state index in [-0.39, 0.29) is 17.0 Å². The van der Waals surface area contributed by atoms with Gasteiger partial charge in [0, 0.05) is 19.1 Å². The fourth-order valence-electron chi connectivity index (χ4n) is 1.44. The summed E-state index contributed by atoms with van der Waals surface area (Å²) in [4.78, 5) is 2.39. The van der Waals surface area contributed by atoms with Crippen LogP contribution in [0, 0.1) is 0 Å². The molecule has 2 heteroatoms. The summed E-state index contributed by atoms with van der Waals surface area (Å²) in [6, 6.07) is 11.1. The molecule has 0 heterocycles. The minimum atomic E-state index is 0. The first-order chi connectivity index (χ1) is 6.74. The predicted octanol–water partition coefficient (Wildman–Crippen LogP) is 3.66. The van der Waals surface area contributed by atoms with Gasteiger partial charge in [-0.15, -0.1) is 23.6 Å². The number of halogens is 1. The molecule has 1 aromatic rings. The van der Waals surface area contributed by atoms with Gasteiger partial charge in [-0.1, -0.05) is 36.4 Å². The SMILES string of the molecule is Br.C=CCN(Cc1ccccc1)C(C)C. The Morgan fingerprint density at radius 1 is 1.27 bits per heavy atom. The fourth-order valence-corrected chi connectivity index (χ4v) is 1.44. The van der Waals surface area contributed by atoms with E-state index in [9.17, 15) is 0 Å². The highest BCUT2D eigenvalue weighted by Gasteiger charge is 2.07. The summed E-state index contributed by atoms with van der Waals surface area (Å²) in [5, 5.41) is 0. The predicted molar refractivity (Wildman–Crippen MR) is 72.5 cm³/mol. The zero-order valence-electron chi connectivity index (χ0n) is 9.52. The highest BCUT2D eigenvalue weighted by Crippen LogP contribution is 2.07. The van der Waals surface area contributed by atoms with Crippen molar-refractivity contribution in [3.05, 3.63) is 48.6 Å². The number of benzene rings is 1. The molecule has 0 saturated heterocycles. The lowest BCUT2D eigenvalue weighted by Crippen LogP contribution is -2.30. The van der Waals surface area contributed by atoms with Gasteiger partial charge in [0.15, 0.2) is 0 Å². The topological polar surface area (TPSA) is 3.24 Å². The molecule has 0 unspecified atom stereocenters. The zero-order valence-corrected chi connectivity index (χ0v) is 11.2. The van der Waals surface area contributed by atoms with Crippen LogP contribution in [0.2, 0.25) is 0 Å². The van der Waals surface area contributed by atoms with Crippen molar-refractivity contribution >= 4 is 17.0 Å². The quantitative estimate of drug-likeness (QED) is 0.738. The maximum absolute atomic E-state index is 3.78. The smallest absolute Gasteiger partial charge is 0.0239 e. The first kappa shape index (κ1) is 14.4. The van der Waals surface area contributed by atoms with E-state index in [1.807, 2.05) is 6.08 Å². The van der Waals surface area contributed by atoms with Crippen LogP contribution in [0.15, 0.2) is 43.0 Å². The molecule has 0 atom stereocenters. The van der Waals surface area contributed by atoms with E-state index in [1.54, 1.807) is 0 Å². The Labute approximate surface area is 104 Å². The number of rotatable bonds is 5. The molecule has 0 N–H and O–H groups in total. The van der Waals surface area contributed by atoms with E-state index in [1.165, 1.54) is 5.56 Å². The largest absolute Gasteiger partial charge is 0.293 e. The maximum atomic E-state index is 3.78. The third-order valence-corrected chi connectivity index (χ3v) is 2.32. The van der Waals surface area contributed by atoms with E-state index >= 15 is 0 Å². The van der Waals surface area contributed by atoms with Crippen LogP contribution in [0.1, 0.15) is 19.4 Å². The van der Waals surface area contributed by atoms with Gasteiger partial charge < -0.3 is 0 Å². The normalized spacial score (nSPS) is 10.1. The average molecular weight is 270 g/mol. The summed E-state index contributed by atoms with van der Waals surface area (Å²) in [7, 11) is 0. The molecule has 0 radical (unpaired) electrons. The van der Waals surface area contributed by atoms with E-state index in [2.05, 4.69) is 55.7 Å². The molecule has 0 aliphatic heterocycles. The summed E-state index contributed by atoms with van der Waals surface area (Å²) in [5.41, 5.74) is 1.36. The van der Waals surface area contributed by atoms with Gasteiger partial charge in [-0.25, -0.2) is 0 Å². The van der Waals surface area contributed by atoms with Crippen molar-refractivity contribution in [3.8, 4) is 0 Å². The molecule has 15 heavy (non-hydrogen) atoms. The van der Waals surface area contributed by atoms with Crippen LogP contribution in [0.25, 0.3) is 0 Å². The summed E-state index contributed by atoms with van der Waals surface area (Å²) in [6.45, 7) is 10.2. The highest BCUT2D eigenvalue weighted by atomic mass is 79.9. The van der Waals surface area contributed by atoms with Crippen molar-refractivity contribution in [3.63, 3.8) is 0 Å². The standard InChI is InChI=1S/C13H19N.BrH/c1-4-10-14(12(2)3)11-13-8-6-5-7-9-13;/h4-9,12H,1,10-11H2,2-3H3;1H. The fraction of sp³-hybridized carbons (Fsp3) is 0.385. The molecule has 1 rings (SSSR count). The molecule has 0 saturated carbocycles. The van der Waals surface area contributed by atoms with Crippen molar-refractivity contribution in [2.45, 2.75) is 26.4 Å². The minimum absolute atomic E-state index is 0. The second-order valence-corrected chi connectivity index (χ2v) is 3.80. The molecule has 1 aromatic carbocycles. The Morgan fingerprint density at radius 3 is 2.33 bits per heavy atom. The summed E-state index contributed by atoms with van der Waals surface area (Å²) in [5.74, 6) is 0. The molecule has 0 spiro atoms. The minimum Gasteiger partial charge on any atom is -0.293 e. The molecule has 0 aliphatic rings. The van der Waals surface area contributed by atoms with E-state index in [4.69, 9.17) is 0 Å². The summed E-state index contributed by atoms with van der Waals surface area (Å²) < 4.78 is 0. The van der Waals surface area contributed by atoms with Crippen molar-refractivity contribution in [1.29, 1.82) is 0 Å². The van der Waals surface area contributed by atoms with E-state index < -0.39 is 0 Å². The Kier molecular flexibility index (Phi) is 7.35. The van der Waals surface area contributed by atoms with Gasteiger partial charge in [-0.2, -0.15) is 0 Å². The van der Waals surface area contributed by atoms with Gasteiger partial charge in [-0.05, 0) is 19.4 Å². The van der Waals surface area contributed by atoms with Gasteiger partial charge in [0.1, 0.15) is 0 Å². The molecule has 0 bridgehead atoms. The average Bonchev–Trinajstić information content (AvgIpc) is 2.18. The molecular weight excluding hydrogens is 250 g/mol. The van der Waals surface area contributed by atoms with Crippen LogP contribution in [0.3, 0.4) is 0 Å². The van der Waals surface area contributed by atoms with E-state index in [0.29, 0.717) is 6.04 Å². The third kappa shape index (κ3) is 5.14. The van der Waals surface area contributed by atoms with Crippen LogP contribution in [0.5, 0.6) is 0 Å². The number of hydrogen-bond acceptors (Lipinski definition) is 1. The van der Waals surface area contributed by atoms with Gasteiger partial charge in [0.05, 0.1) is 0 Å². The molecule has 0 fully saturated rings. The molecule has 0 amide bonds. The van der Waals surface area contributed by atoms with Crippen LogP contribution < -0.4 is 0 Å². The Morgan fingerprint density at radius 2 is 1.87 bits per heavy atom. The Bertz CT molecular complexity index is 269.